The fourth-order valence-corrected chi connectivity index (χ4v) is 3.37. The third kappa shape index (κ3) is 1.83. The van der Waals surface area contributed by atoms with Crippen molar-refractivity contribution in [2.75, 3.05) is 0 Å². The van der Waals surface area contributed by atoms with E-state index in [2.05, 4.69) is 10.1 Å². The maximum Gasteiger partial charge on any atom is 0.213 e. The Morgan fingerprint density at radius 2 is 2.05 bits per heavy atom. The van der Waals surface area contributed by atoms with Crippen LogP contribution in [0.2, 0.25) is 0 Å². The monoisotopic (exact) mass is 289 g/mol. The molecule has 4 rings (SSSR count). The first-order chi connectivity index (χ1) is 9.76. The van der Waals surface area contributed by atoms with Crippen LogP contribution in [0.3, 0.4) is 0 Å². The number of hydrogen-bond acceptors (Lipinski definition) is 4. The normalized spacial score (nSPS) is 15.1. The number of aliphatic hydroxyl groups is 1. The van der Waals surface area contributed by atoms with Gasteiger partial charge in [0.1, 0.15) is 10.8 Å². The highest BCUT2D eigenvalue weighted by atomic mass is 32.1. The van der Waals surface area contributed by atoms with Crippen molar-refractivity contribution >= 4 is 16.3 Å². The molecule has 4 nitrogen and oxygen atoms in total. The van der Waals surface area contributed by atoms with Gasteiger partial charge in [-0.2, -0.15) is 5.10 Å². The van der Waals surface area contributed by atoms with Crippen molar-refractivity contribution in [3.63, 3.8) is 0 Å². The molecule has 1 aromatic carbocycles. The van der Waals surface area contributed by atoms with Gasteiger partial charge in [0.05, 0.1) is 18.0 Å². The summed E-state index contributed by atoms with van der Waals surface area (Å²) in [5.74, 6) is 0.289. The van der Waals surface area contributed by atoms with E-state index in [9.17, 15) is 9.50 Å². The molecule has 1 aliphatic rings. The van der Waals surface area contributed by atoms with Crippen LogP contribution in [-0.2, 0) is 6.61 Å². The Kier molecular flexibility index (Phi) is 2.61. The fraction of sp³-hybridized carbons (Fsp3) is 0.286. The molecule has 2 heterocycles. The van der Waals surface area contributed by atoms with Crippen LogP contribution in [0, 0.1) is 5.82 Å². The number of aliphatic hydroxyl groups excluding tert-OH is 1. The highest BCUT2D eigenvalue weighted by molar-refractivity contribution is 7.16. The van der Waals surface area contributed by atoms with Gasteiger partial charge in [-0.25, -0.2) is 13.9 Å². The summed E-state index contributed by atoms with van der Waals surface area (Å²) in [5.41, 5.74) is 2.13. The standard InChI is InChI=1S/C14H12FN3OS/c15-10-5-3-8(4-6-10)12-11(7-19)18-14(16-12)20-13(17-18)9-1-2-9/h3-6,9,19H,1-2,7H2. The second kappa shape index (κ2) is 4.36. The number of rotatable bonds is 3. The Hall–Kier alpha value is -1.79. The molecule has 3 aromatic rings. The van der Waals surface area contributed by atoms with Gasteiger partial charge in [-0.3, -0.25) is 0 Å². The van der Waals surface area contributed by atoms with Gasteiger partial charge in [-0.1, -0.05) is 11.3 Å². The molecular weight excluding hydrogens is 277 g/mol. The maximum absolute atomic E-state index is 13.0. The highest BCUT2D eigenvalue weighted by Crippen LogP contribution is 2.42. The number of aromatic nitrogens is 3. The van der Waals surface area contributed by atoms with Gasteiger partial charge in [0.2, 0.25) is 4.96 Å². The smallest absolute Gasteiger partial charge is 0.213 e. The largest absolute Gasteiger partial charge is 0.390 e. The van der Waals surface area contributed by atoms with Crippen molar-refractivity contribution in [2.24, 2.45) is 0 Å². The summed E-state index contributed by atoms with van der Waals surface area (Å²) in [6, 6.07) is 6.13. The summed E-state index contributed by atoms with van der Waals surface area (Å²) in [4.78, 5) is 5.34. The molecule has 20 heavy (non-hydrogen) atoms. The van der Waals surface area contributed by atoms with E-state index in [0.717, 1.165) is 15.5 Å². The molecule has 0 spiro atoms. The average molecular weight is 289 g/mol. The zero-order chi connectivity index (χ0) is 13.7. The number of imidazole rings is 1. The number of hydrogen-bond donors (Lipinski definition) is 1. The van der Waals surface area contributed by atoms with Crippen LogP contribution in [0.25, 0.3) is 16.2 Å². The van der Waals surface area contributed by atoms with Crippen LogP contribution in [0.15, 0.2) is 24.3 Å². The predicted molar refractivity (Wildman–Crippen MR) is 74.2 cm³/mol. The van der Waals surface area contributed by atoms with Gasteiger partial charge in [0.25, 0.3) is 0 Å². The zero-order valence-corrected chi connectivity index (χ0v) is 11.4. The van der Waals surface area contributed by atoms with Crippen LogP contribution in [0.1, 0.15) is 29.5 Å². The molecule has 1 N–H and O–H groups in total. The highest BCUT2D eigenvalue weighted by Gasteiger charge is 2.29. The summed E-state index contributed by atoms with van der Waals surface area (Å²) in [6.07, 6.45) is 2.38. The molecule has 1 saturated carbocycles. The molecule has 6 heteroatoms. The fourth-order valence-electron chi connectivity index (χ4n) is 2.28. The van der Waals surface area contributed by atoms with Crippen molar-refractivity contribution in [3.05, 3.63) is 40.8 Å². The lowest BCUT2D eigenvalue weighted by atomic mass is 10.1. The average Bonchev–Trinajstić information content (AvgIpc) is 3.13. The first-order valence-electron chi connectivity index (χ1n) is 6.51. The number of fused-ring (bicyclic) bond motifs is 1. The molecule has 0 amide bonds. The van der Waals surface area contributed by atoms with Crippen LogP contribution >= 0.6 is 11.3 Å². The molecule has 1 aliphatic carbocycles. The Morgan fingerprint density at radius 1 is 1.30 bits per heavy atom. The van der Waals surface area contributed by atoms with E-state index in [4.69, 9.17) is 0 Å². The molecule has 2 aromatic heterocycles. The Bertz CT molecular complexity index is 774. The minimum atomic E-state index is -0.283. The van der Waals surface area contributed by atoms with Gasteiger partial charge in [0, 0.05) is 11.5 Å². The summed E-state index contributed by atoms with van der Waals surface area (Å²) in [7, 11) is 0. The topological polar surface area (TPSA) is 50.4 Å². The van der Waals surface area contributed by atoms with E-state index in [1.807, 2.05) is 0 Å². The van der Waals surface area contributed by atoms with Crippen LogP contribution in [0.5, 0.6) is 0 Å². The van der Waals surface area contributed by atoms with E-state index >= 15 is 0 Å². The molecule has 0 saturated heterocycles. The van der Waals surface area contributed by atoms with E-state index < -0.39 is 0 Å². The number of benzene rings is 1. The van der Waals surface area contributed by atoms with Gasteiger partial charge < -0.3 is 5.11 Å². The van der Waals surface area contributed by atoms with Gasteiger partial charge in [-0.15, -0.1) is 0 Å². The molecule has 102 valence electrons. The minimum absolute atomic E-state index is 0.137. The van der Waals surface area contributed by atoms with Gasteiger partial charge >= 0.3 is 0 Å². The molecular formula is C14H12FN3OS. The zero-order valence-electron chi connectivity index (χ0n) is 10.6. The SMILES string of the molecule is OCc1c(-c2ccc(F)cc2)nc2sc(C3CC3)nn12. The molecule has 0 bridgehead atoms. The summed E-state index contributed by atoms with van der Waals surface area (Å²) < 4.78 is 14.7. The maximum atomic E-state index is 13.0. The quantitative estimate of drug-likeness (QED) is 0.806. The van der Waals surface area contributed by atoms with Crippen molar-refractivity contribution in [1.82, 2.24) is 14.6 Å². The lowest BCUT2D eigenvalue weighted by Crippen LogP contribution is -1.96. The third-order valence-corrected chi connectivity index (χ3v) is 4.58. The number of nitrogens with zero attached hydrogens (tertiary/aromatic N) is 3. The van der Waals surface area contributed by atoms with E-state index in [-0.39, 0.29) is 12.4 Å². The van der Waals surface area contributed by atoms with Gasteiger partial charge in [0.15, 0.2) is 0 Å². The molecule has 0 radical (unpaired) electrons. The van der Waals surface area contributed by atoms with Crippen molar-refractivity contribution in [2.45, 2.75) is 25.4 Å². The van der Waals surface area contributed by atoms with Crippen molar-refractivity contribution < 1.29 is 9.50 Å². The molecule has 0 aliphatic heterocycles. The van der Waals surface area contributed by atoms with Crippen LogP contribution in [0.4, 0.5) is 4.39 Å². The lowest BCUT2D eigenvalue weighted by molar-refractivity contribution is 0.275. The first kappa shape index (κ1) is 12.0. The van der Waals surface area contributed by atoms with Crippen molar-refractivity contribution in [1.29, 1.82) is 0 Å². The summed E-state index contributed by atoms with van der Waals surface area (Å²) >= 11 is 1.57. The minimum Gasteiger partial charge on any atom is -0.390 e. The van der Waals surface area contributed by atoms with Crippen LogP contribution in [-0.4, -0.2) is 19.7 Å². The third-order valence-electron chi connectivity index (χ3n) is 3.51. The van der Waals surface area contributed by atoms with Gasteiger partial charge in [-0.05, 0) is 37.1 Å². The summed E-state index contributed by atoms with van der Waals surface area (Å²) in [5, 5.41) is 15.3. The second-order valence-corrected chi connectivity index (χ2v) is 5.97. The lowest BCUT2D eigenvalue weighted by Gasteiger charge is -2.00. The number of halogens is 1. The Labute approximate surface area is 118 Å². The Morgan fingerprint density at radius 3 is 2.70 bits per heavy atom. The van der Waals surface area contributed by atoms with E-state index in [1.54, 1.807) is 28.0 Å². The van der Waals surface area contributed by atoms with E-state index in [0.29, 0.717) is 17.3 Å². The first-order valence-corrected chi connectivity index (χ1v) is 7.33. The summed E-state index contributed by atoms with van der Waals surface area (Å²) in [6.45, 7) is -0.137. The molecule has 1 fully saturated rings. The van der Waals surface area contributed by atoms with Crippen LogP contribution < -0.4 is 0 Å². The molecule has 0 unspecified atom stereocenters. The Balaban J connectivity index is 1.86. The second-order valence-electron chi connectivity index (χ2n) is 4.98. The van der Waals surface area contributed by atoms with Crippen molar-refractivity contribution in [3.8, 4) is 11.3 Å². The molecule has 0 atom stereocenters. The van der Waals surface area contributed by atoms with E-state index in [1.165, 1.54) is 25.0 Å². The predicted octanol–water partition coefficient (Wildman–Crippen LogP) is 2.97.